The fourth-order valence-electron chi connectivity index (χ4n) is 3.84. The normalized spacial score (nSPS) is 13.7. The van der Waals surface area contributed by atoms with Crippen LogP contribution in [0.4, 0.5) is 11.4 Å². The maximum absolute atomic E-state index is 13.2. The molecule has 41 heavy (non-hydrogen) atoms. The summed E-state index contributed by atoms with van der Waals surface area (Å²) in [6.45, 7) is 3.42. The van der Waals surface area contributed by atoms with E-state index in [4.69, 9.17) is 37.4 Å². The van der Waals surface area contributed by atoms with E-state index in [1.54, 1.807) is 74.5 Å². The third-order valence-corrected chi connectivity index (χ3v) is 7.13. The smallest absolute Gasteiger partial charge is 0.338 e. The predicted molar refractivity (Wildman–Crippen MR) is 162 cm³/mol. The number of hydrogen-bond acceptors (Lipinski definition) is 7. The molecule has 9 nitrogen and oxygen atoms in total. The average Bonchev–Trinajstić information content (AvgIpc) is 3.22. The Morgan fingerprint density at radius 1 is 1.07 bits per heavy atom. The number of carbonyl (C=O) groups excluding carboxylic acids is 3. The average molecular weight is 661 g/mol. The van der Waals surface area contributed by atoms with Crippen molar-refractivity contribution in [3.63, 3.8) is 0 Å². The Morgan fingerprint density at radius 2 is 1.80 bits per heavy atom. The molecule has 0 saturated heterocycles. The standard InChI is InChI=1S/C29H24BrCl2N3O6/c1-4-40-29(38)18-5-7-19(8-6-18)33-26(36)15-41-27-22(30)12-17(13-25(27)39-3)11-21-16(2)34-35(28(21)37)20-9-10-23(31)24(32)14-20/h5-14H,4,15H2,1-3H3,(H,33,36). The van der Waals surface area contributed by atoms with Crippen LogP contribution in [-0.4, -0.2) is 43.8 Å². The quantitative estimate of drug-likeness (QED) is 0.201. The number of hydrazone groups is 1. The summed E-state index contributed by atoms with van der Waals surface area (Å²) in [5.74, 6) is -0.529. The third kappa shape index (κ3) is 7.08. The molecule has 0 bridgehead atoms. The zero-order valence-electron chi connectivity index (χ0n) is 22.2. The Bertz CT molecular complexity index is 1570. The van der Waals surface area contributed by atoms with E-state index < -0.39 is 11.9 Å². The highest BCUT2D eigenvalue weighted by Crippen LogP contribution is 2.38. The number of halogens is 3. The second-order valence-corrected chi connectivity index (χ2v) is 10.3. The van der Waals surface area contributed by atoms with Gasteiger partial charge in [0.25, 0.3) is 11.8 Å². The van der Waals surface area contributed by atoms with Crippen LogP contribution in [0.3, 0.4) is 0 Å². The molecule has 0 radical (unpaired) electrons. The molecule has 0 unspecified atom stereocenters. The molecule has 2 amide bonds. The Morgan fingerprint density at radius 3 is 2.46 bits per heavy atom. The zero-order chi connectivity index (χ0) is 29.7. The first kappa shape index (κ1) is 30.1. The van der Waals surface area contributed by atoms with E-state index in [2.05, 4.69) is 26.3 Å². The molecule has 12 heteroatoms. The molecule has 1 aliphatic heterocycles. The van der Waals surface area contributed by atoms with Crippen LogP contribution in [0.2, 0.25) is 10.0 Å². The van der Waals surface area contributed by atoms with Crippen molar-refractivity contribution in [1.82, 2.24) is 0 Å². The minimum absolute atomic E-state index is 0.275. The number of esters is 1. The van der Waals surface area contributed by atoms with Gasteiger partial charge in [-0.2, -0.15) is 10.1 Å². The summed E-state index contributed by atoms with van der Waals surface area (Å²) in [4.78, 5) is 37.5. The number of nitrogens with one attached hydrogen (secondary N) is 1. The van der Waals surface area contributed by atoms with E-state index in [0.717, 1.165) is 0 Å². The number of carbonyl (C=O) groups is 3. The van der Waals surface area contributed by atoms with E-state index in [9.17, 15) is 14.4 Å². The summed E-state index contributed by atoms with van der Waals surface area (Å²) in [6.07, 6.45) is 1.68. The SMILES string of the molecule is CCOC(=O)c1ccc(NC(=O)COc2c(Br)cc(C=C3C(=O)N(c4ccc(Cl)c(Cl)c4)N=C3C)cc2OC)cc1. The van der Waals surface area contributed by atoms with E-state index in [-0.39, 0.29) is 19.1 Å². The summed E-state index contributed by atoms with van der Waals surface area (Å²) in [7, 11) is 1.47. The van der Waals surface area contributed by atoms with Crippen molar-refractivity contribution >= 4 is 80.1 Å². The Labute approximate surface area is 254 Å². The van der Waals surface area contributed by atoms with Crippen molar-refractivity contribution in [2.24, 2.45) is 5.10 Å². The van der Waals surface area contributed by atoms with Crippen LogP contribution in [0.25, 0.3) is 6.08 Å². The van der Waals surface area contributed by atoms with Gasteiger partial charge in [-0.05, 0) is 96.0 Å². The highest BCUT2D eigenvalue weighted by atomic mass is 79.9. The maximum atomic E-state index is 13.2. The topological polar surface area (TPSA) is 107 Å². The molecule has 0 atom stereocenters. The van der Waals surface area contributed by atoms with Crippen LogP contribution in [0.15, 0.2) is 69.7 Å². The first-order valence-corrected chi connectivity index (χ1v) is 13.8. The van der Waals surface area contributed by atoms with Gasteiger partial charge in [0.2, 0.25) is 0 Å². The number of rotatable bonds is 9. The Balaban J connectivity index is 1.45. The second-order valence-electron chi connectivity index (χ2n) is 8.63. The van der Waals surface area contributed by atoms with Gasteiger partial charge in [0.1, 0.15) is 0 Å². The van der Waals surface area contributed by atoms with Crippen LogP contribution in [0.5, 0.6) is 11.5 Å². The third-order valence-electron chi connectivity index (χ3n) is 5.80. The lowest BCUT2D eigenvalue weighted by atomic mass is 10.1. The van der Waals surface area contributed by atoms with Crippen molar-refractivity contribution < 1.29 is 28.6 Å². The first-order chi connectivity index (χ1) is 19.6. The van der Waals surface area contributed by atoms with Crippen molar-refractivity contribution in [3.8, 4) is 11.5 Å². The van der Waals surface area contributed by atoms with Gasteiger partial charge in [-0.3, -0.25) is 9.59 Å². The Hall–Kier alpha value is -3.86. The molecule has 0 spiro atoms. The van der Waals surface area contributed by atoms with Gasteiger partial charge in [0.05, 0.1) is 50.8 Å². The van der Waals surface area contributed by atoms with Gasteiger partial charge in [0.15, 0.2) is 18.1 Å². The molecule has 0 aliphatic carbocycles. The summed E-state index contributed by atoms with van der Waals surface area (Å²) in [6, 6.07) is 14.6. The van der Waals surface area contributed by atoms with Crippen LogP contribution >= 0.6 is 39.1 Å². The molecule has 0 fully saturated rings. The molecule has 1 N–H and O–H groups in total. The summed E-state index contributed by atoms with van der Waals surface area (Å²) < 4.78 is 16.7. The van der Waals surface area contributed by atoms with Gasteiger partial charge in [-0.1, -0.05) is 23.2 Å². The molecule has 212 valence electrons. The lowest BCUT2D eigenvalue weighted by Crippen LogP contribution is -2.21. The fourth-order valence-corrected chi connectivity index (χ4v) is 4.71. The summed E-state index contributed by atoms with van der Waals surface area (Å²) in [5.41, 5.74) is 2.90. The van der Waals surface area contributed by atoms with Crippen LogP contribution < -0.4 is 19.8 Å². The molecular weight excluding hydrogens is 637 g/mol. The molecular formula is C29H24BrCl2N3O6. The molecule has 1 aliphatic rings. The number of methoxy groups -OCH3 is 1. The van der Waals surface area contributed by atoms with Gasteiger partial charge >= 0.3 is 5.97 Å². The predicted octanol–water partition coefficient (Wildman–Crippen LogP) is 6.76. The van der Waals surface area contributed by atoms with E-state index in [0.29, 0.717) is 59.8 Å². The fraction of sp³-hybridized carbons (Fsp3) is 0.172. The molecule has 1 heterocycles. The van der Waals surface area contributed by atoms with Gasteiger partial charge < -0.3 is 19.5 Å². The van der Waals surface area contributed by atoms with Crippen molar-refractivity contribution in [2.45, 2.75) is 13.8 Å². The van der Waals surface area contributed by atoms with Gasteiger partial charge in [0, 0.05) is 5.69 Å². The Kier molecular flexibility index (Phi) is 9.69. The number of hydrogen-bond donors (Lipinski definition) is 1. The minimum atomic E-state index is -0.437. The summed E-state index contributed by atoms with van der Waals surface area (Å²) in [5, 5.41) is 9.03. The molecule has 0 aromatic heterocycles. The number of ether oxygens (including phenoxy) is 3. The highest BCUT2D eigenvalue weighted by molar-refractivity contribution is 9.10. The van der Waals surface area contributed by atoms with Crippen molar-refractivity contribution in [3.05, 3.63) is 85.8 Å². The lowest BCUT2D eigenvalue weighted by molar-refractivity contribution is -0.118. The van der Waals surface area contributed by atoms with Crippen LogP contribution in [0.1, 0.15) is 29.8 Å². The minimum Gasteiger partial charge on any atom is -0.493 e. The van der Waals surface area contributed by atoms with Crippen LogP contribution in [-0.2, 0) is 14.3 Å². The van der Waals surface area contributed by atoms with E-state index >= 15 is 0 Å². The lowest BCUT2D eigenvalue weighted by Gasteiger charge is -2.14. The number of anilines is 2. The maximum Gasteiger partial charge on any atom is 0.338 e. The van der Waals surface area contributed by atoms with E-state index in [1.807, 2.05) is 0 Å². The summed E-state index contributed by atoms with van der Waals surface area (Å²) >= 11 is 15.6. The van der Waals surface area contributed by atoms with Crippen LogP contribution in [0, 0.1) is 0 Å². The molecule has 3 aromatic carbocycles. The van der Waals surface area contributed by atoms with Gasteiger partial charge in [-0.15, -0.1) is 0 Å². The number of nitrogens with zero attached hydrogens (tertiary/aromatic N) is 2. The highest BCUT2D eigenvalue weighted by Gasteiger charge is 2.29. The van der Waals surface area contributed by atoms with Crippen molar-refractivity contribution in [2.75, 3.05) is 30.6 Å². The van der Waals surface area contributed by atoms with E-state index in [1.165, 1.54) is 12.1 Å². The number of benzene rings is 3. The zero-order valence-corrected chi connectivity index (χ0v) is 25.3. The number of amides is 2. The monoisotopic (exact) mass is 659 g/mol. The van der Waals surface area contributed by atoms with Gasteiger partial charge in [-0.25, -0.2) is 4.79 Å². The van der Waals surface area contributed by atoms with Crippen molar-refractivity contribution in [1.29, 1.82) is 0 Å². The molecule has 4 rings (SSSR count). The first-order valence-electron chi connectivity index (χ1n) is 12.3. The second kappa shape index (κ2) is 13.2. The molecule has 0 saturated carbocycles. The molecule has 3 aromatic rings. The largest absolute Gasteiger partial charge is 0.493 e.